The van der Waals surface area contributed by atoms with Crippen LogP contribution in [-0.2, 0) is 16.4 Å². The molecule has 19 heavy (non-hydrogen) atoms. The quantitative estimate of drug-likeness (QED) is 0.683. The molecule has 0 fully saturated rings. The van der Waals surface area contributed by atoms with Crippen LogP contribution >= 0.6 is 0 Å². The van der Waals surface area contributed by atoms with Crippen molar-refractivity contribution in [2.75, 3.05) is 24.7 Å². The number of hydrogen-bond acceptors (Lipinski definition) is 7. The first kappa shape index (κ1) is 15.9. The molecule has 0 spiro atoms. The molecule has 1 rings (SSSR count). The van der Waals surface area contributed by atoms with Gasteiger partial charge < -0.3 is 15.1 Å². The summed E-state index contributed by atoms with van der Waals surface area (Å²) in [5, 5.41) is 13.7. The molecule has 0 atom stereocenters. The van der Waals surface area contributed by atoms with E-state index >= 15 is 0 Å². The van der Waals surface area contributed by atoms with Gasteiger partial charge in [0.2, 0.25) is 5.89 Å². The largest absolute Gasteiger partial charge is 0.407 e. The van der Waals surface area contributed by atoms with Gasteiger partial charge in [-0.25, -0.2) is 8.42 Å². The first-order valence-electron chi connectivity index (χ1n) is 6.23. The number of rotatable bonds is 8. The molecule has 8 heteroatoms. The van der Waals surface area contributed by atoms with Gasteiger partial charge in [-0.15, -0.1) is 5.10 Å². The van der Waals surface area contributed by atoms with E-state index in [1.165, 1.54) is 6.26 Å². The normalized spacial score (nSPS) is 12.6. The van der Waals surface area contributed by atoms with Crippen molar-refractivity contribution in [2.24, 2.45) is 0 Å². The maximum Gasteiger partial charge on any atom is 0.315 e. The summed E-state index contributed by atoms with van der Waals surface area (Å²) < 4.78 is 27.5. The van der Waals surface area contributed by atoms with Crippen molar-refractivity contribution in [1.82, 2.24) is 15.5 Å². The molecular weight excluding hydrogens is 268 g/mol. The third-order valence-corrected chi connectivity index (χ3v) is 4.99. The molecule has 0 bridgehead atoms. The smallest absolute Gasteiger partial charge is 0.315 e. The Labute approximate surface area is 114 Å². The van der Waals surface area contributed by atoms with E-state index in [2.05, 4.69) is 27.8 Å². The highest BCUT2D eigenvalue weighted by Crippen LogP contribution is 2.16. The van der Waals surface area contributed by atoms with E-state index in [0.717, 1.165) is 13.0 Å². The molecule has 1 heterocycles. The van der Waals surface area contributed by atoms with Crippen LogP contribution in [0.2, 0.25) is 0 Å². The molecule has 0 unspecified atom stereocenters. The minimum atomic E-state index is -3.15. The van der Waals surface area contributed by atoms with Crippen molar-refractivity contribution in [2.45, 2.75) is 38.5 Å². The van der Waals surface area contributed by atoms with Crippen LogP contribution in [0.4, 0.5) is 6.01 Å². The van der Waals surface area contributed by atoms with E-state index in [9.17, 15) is 8.42 Å². The molecule has 0 aliphatic carbocycles. The number of anilines is 1. The third kappa shape index (κ3) is 4.79. The van der Waals surface area contributed by atoms with Gasteiger partial charge in [0.05, 0.1) is 11.3 Å². The maximum atomic E-state index is 11.5. The second-order valence-electron chi connectivity index (χ2n) is 5.06. The van der Waals surface area contributed by atoms with Crippen molar-refractivity contribution in [3.63, 3.8) is 0 Å². The van der Waals surface area contributed by atoms with Crippen LogP contribution in [0, 0.1) is 0 Å². The van der Waals surface area contributed by atoms with Gasteiger partial charge >= 0.3 is 6.01 Å². The summed E-state index contributed by atoms with van der Waals surface area (Å²) >= 11 is 0. The highest BCUT2D eigenvalue weighted by molar-refractivity contribution is 7.92. The summed E-state index contributed by atoms with van der Waals surface area (Å²) in [6, 6.07) is 0.241. The van der Waals surface area contributed by atoms with Gasteiger partial charge in [0, 0.05) is 12.8 Å². The molecule has 1 aromatic heterocycles. The Kier molecular flexibility index (Phi) is 5.30. The predicted octanol–water partition coefficient (Wildman–Crippen LogP) is 0.804. The number of aromatic nitrogens is 2. The summed E-state index contributed by atoms with van der Waals surface area (Å²) in [6.45, 7) is 6.98. The fourth-order valence-electron chi connectivity index (χ4n) is 1.19. The SMILES string of the molecule is CCCNCc1nnc(NCC(C)(C)S(C)(=O)=O)o1. The molecule has 0 radical (unpaired) electrons. The van der Waals surface area contributed by atoms with Crippen LogP contribution in [0.5, 0.6) is 0 Å². The minimum absolute atomic E-state index is 0.218. The second-order valence-corrected chi connectivity index (χ2v) is 7.71. The Morgan fingerprint density at radius 3 is 2.58 bits per heavy atom. The van der Waals surface area contributed by atoms with E-state index in [0.29, 0.717) is 12.4 Å². The molecule has 0 amide bonds. The summed E-state index contributed by atoms with van der Waals surface area (Å²) in [7, 11) is -3.15. The number of hydrogen-bond donors (Lipinski definition) is 2. The van der Waals surface area contributed by atoms with Gasteiger partial charge in [-0.3, -0.25) is 0 Å². The van der Waals surface area contributed by atoms with Crippen LogP contribution in [0.25, 0.3) is 0 Å². The molecule has 110 valence electrons. The van der Waals surface area contributed by atoms with Gasteiger partial charge in [-0.1, -0.05) is 12.0 Å². The molecular formula is C11H22N4O3S. The van der Waals surface area contributed by atoms with E-state index in [4.69, 9.17) is 4.42 Å². The Morgan fingerprint density at radius 1 is 1.32 bits per heavy atom. The van der Waals surface area contributed by atoms with Gasteiger partial charge in [-0.05, 0) is 26.8 Å². The molecule has 0 aliphatic heterocycles. The van der Waals surface area contributed by atoms with Gasteiger partial charge in [-0.2, -0.15) is 0 Å². The zero-order valence-electron chi connectivity index (χ0n) is 11.9. The lowest BCUT2D eigenvalue weighted by atomic mass is 10.2. The van der Waals surface area contributed by atoms with Crippen LogP contribution in [0.15, 0.2) is 4.42 Å². The zero-order valence-corrected chi connectivity index (χ0v) is 12.7. The first-order chi connectivity index (χ1) is 8.76. The van der Waals surface area contributed by atoms with Gasteiger partial charge in [0.15, 0.2) is 9.84 Å². The number of nitrogens with zero attached hydrogens (tertiary/aromatic N) is 2. The first-order valence-corrected chi connectivity index (χ1v) is 8.12. The van der Waals surface area contributed by atoms with Crippen molar-refractivity contribution >= 4 is 15.9 Å². The van der Waals surface area contributed by atoms with Crippen molar-refractivity contribution in [1.29, 1.82) is 0 Å². The Balaban J connectivity index is 2.51. The van der Waals surface area contributed by atoms with Crippen LogP contribution in [0.3, 0.4) is 0 Å². The zero-order chi connectivity index (χ0) is 14.5. The monoisotopic (exact) mass is 290 g/mol. The molecule has 0 aromatic carbocycles. The molecule has 0 saturated heterocycles. The Hall–Kier alpha value is -1.15. The summed E-state index contributed by atoms with van der Waals surface area (Å²) in [5.74, 6) is 0.480. The van der Waals surface area contributed by atoms with E-state index in [1.54, 1.807) is 13.8 Å². The molecule has 0 saturated carbocycles. The Bertz CT molecular complexity index is 496. The van der Waals surface area contributed by atoms with Crippen LogP contribution < -0.4 is 10.6 Å². The third-order valence-electron chi connectivity index (χ3n) is 2.84. The van der Waals surface area contributed by atoms with E-state index in [-0.39, 0.29) is 12.6 Å². The van der Waals surface area contributed by atoms with Crippen LogP contribution in [-0.4, -0.2) is 42.7 Å². The van der Waals surface area contributed by atoms with Gasteiger partial charge in [0.1, 0.15) is 0 Å². The van der Waals surface area contributed by atoms with Crippen LogP contribution in [0.1, 0.15) is 33.1 Å². The van der Waals surface area contributed by atoms with E-state index in [1.807, 2.05) is 0 Å². The standard InChI is InChI=1S/C11H22N4O3S/c1-5-6-12-7-9-14-15-10(18-9)13-8-11(2,3)19(4,16)17/h12H,5-8H2,1-4H3,(H,13,15). The maximum absolute atomic E-state index is 11.5. The lowest BCUT2D eigenvalue weighted by molar-refractivity contribution is 0.474. The minimum Gasteiger partial charge on any atom is -0.407 e. The molecule has 7 nitrogen and oxygen atoms in total. The lowest BCUT2D eigenvalue weighted by Crippen LogP contribution is -2.38. The topological polar surface area (TPSA) is 97.1 Å². The van der Waals surface area contributed by atoms with Crippen molar-refractivity contribution < 1.29 is 12.8 Å². The summed E-state index contributed by atoms with van der Waals surface area (Å²) in [6.07, 6.45) is 2.24. The average Bonchev–Trinajstić information content (AvgIpc) is 2.73. The summed E-state index contributed by atoms with van der Waals surface area (Å²) in [4.78, 5) is 0. The fourth-order valence-corrected chi connectivity index (χ4v) is 1.52. The molecule has 0 aliphatic rings. The number of sulfone groups is 1. The van der Waals surface area contributed by atoms with E-state index < -0.39 is 14.6 Å². The average molecular weight is 290 g/mol. The highest BCUT2D eigenvalue weighted by atomic mass is 32.2. The summed E-state index contributed by atoms with van der Waals surface area (Å²) in [5.41, 5.74) is 0. The fraction of sp³-hybridized carbons (Fsp3) is 0.818. The highest BCUT2D eigenvalue weighted by Gasteiger charge is 2.30. The molecule has 2 N–H and O–H groups in total. The van der Waals surface area contributed by atoms with Gasteiger partial charge in [0.25, 0.3) is 0 Å². The Morgan fingerprint density at radius 2 is 2.00 bits per heavy atom. The van der Waals surface area contributed by atoms with Crippen molar-refractivity contribution in [3.05, 3.63) is 5.89 Å². The predicted molar refractivity (Wildman–Crippen MR) is 73.7 cm³/mol. The molecule has 1 aromatic rings. The van der Waals surface area contributed by atoms with Crippen molar-refractivity contribution in [3.8, 4) is 0 Å². The lowest BCUT2D eigenvalue weighted by Gasteiger charge is -2.21. The second kappa shape index (κ2) is 6.33. The number of nitrogens with one attached hydrogen (secondary N) is 2.